The highest BCUT2D eigenvalue weighted by Gasteiger charge is 2.55. The molecule has 0 radical (unpaired) electrons. The highest BCUT2D eigenvalue weighted by molar-refractivity contribution is 5.97. The number of allylic oxidation sites excluding steroid dienone is 7. The van der Waals surface area contributed by atoms with Crippen molar-refractivity contribution in [3.8, 4) is 33.4 Å². The summed E-state index contributed by atoms with van der Waals surface area (Å²) in [5.41, 5.74) is 21.8. The predicted molar refractivity (Wildman–Crippen MR) is 290 cm³/mol. The largest absolute Gasteiger partial charge is 0.361 e. The van der Waals surface area contributed by atoms with Gasteiger partial charge in [-0.1, -0.05) is 194 Å². The molecule has 0 saturated carbocycles. The Balaban J connectivity index is 0.888. The van der Waals surface area contributed by atoms with Crippen molar-refractivity contribution in [2.75, 3.05) is 9.80 Å². The monoisotopic (exact) mass is 886 g/mol. The third-order valence-electron chi connectivity index (χ3n) is 15.6. The number of hydrogen-bond acceptors (Lipinski definition) is 2. The molecule has 5 aliphatic carbocycles. The minimum absolute atomic E-state index is 0.307. The highest BCUT2D eigenvalue weighted by atomic mass is 15.2. The van der Waals surface area contributed by atoms with Gasteiger partial charge in [0.2, 0.25) is 0 Å². The number of nitrogens with zero attached hydrogens (tertiary/aromatic N) is 2. The van der Waals surface area contributed by atoms with E-state index in [1.165, 1.54) is 84.5 Å². The van der Waals surface area contributed by atoms with Crippen LogP contribution in [-0.4, -0.2) is 12.1 Å². The number of para-hydroxylation sites is 2. The summed E-state index contributed by atoms with van der Waals surface area (Å²) in [5, 5.41) is 0. The zero-order valence-corrected chi connectivity index (χ0v) is 38.8. The quantitative estimate of drug-likeness (QED) is 0.133. The van der Waals surface area contributed by atoms with Crippen molar-refractivity contribution < 1.29 is 0 Å². The first-order valence-electron chi connectivity index (χ1n) is 25.0. The zero-order valence-electron chi connectivity index (χ0n) is 38.8. The summed E-state index contributed by atoms with van der Waals surface area (Å²) >= 11 is 0. The minimum atomic E-state index is -0.398. The molecule has 0 heterocycles. The molecule has 4 atom stereocenters. The number of benzene rings is 8. The molecular weight excluding hydrogens is 833 g/mol. The van der Waals surface area contributed by atoms with Crippen LogP contribution in [0.25, 0.3) is 39.0 Å². The van der Waals surface area contributed by atoms with Crippen molar-refractivity contribution >= 4 is 28.3 Å². The molecule has 13 rings (SSSR count). The molecule has 0 amide bonds. The van der Waals surface area contributed by atoms with Crippen molar-refractivity contribution in [1.82, 2.24) is 0 Å². The maximum Gasteiger partial charge on any atom is 0.0685 e. The second-order valence-electron chi connectivity index (χ2n) is 19.3. The fraction of sp³-hybridized carbons (Fsp3) is 0.134. The molecule has 2 heteroatoms. The van der Waals surface area contributed by atoms with Crippen LogP contribution in [0.2, 0.25) is 0 Å². The standard InChI is InChI=1S/C67H54N2/c1-5-18-47(19-6-1)48-32-39-56(40-33-48)69(54-24-11-4-12-25-54)57-43-36-50(37-44-57)58-28-17-31-64-66(58)61-27-14-16-30-63(61)67(64)62-29-15-13-26-59(62)60-45-38-51(46-65(60)67)49-34-41-55(42-35-49)68(52-20-7-2-8-21-52)53-22-9-3-10-23-53/h1-11,13-23,27-39,41-46,54,56,59H,12,24-26,40H2. The van der Waals surface area contributed by atoms with Gasteiger partial charge in [-0.05, 0) is 159 Å². The molecular formula is C67H54N2. The van der Waals surface area contributed by atoms with Crippen LogP contribution in [0, 0.1) is 0 Å². The summed E-state index contributed by atoms with van der Waals surface area (Å²) in [6.45, 7) is 0. The van der Waals surface area contributed by atoms with Crippen LogP contribution in [-0.2, 0) is 5.41 Å². The first-order valence-corrected chi connectivity index (χ1v) is 25.0. The molecule has 0 fully saturated rings. The third-order valence-corrected chi connectivity index (χ3v) is 15.6. The lowest BCUT2D eigenvalue weighted by atomic mass is 9.68. The number of anilines is 4. The van der Waals surface area contributed by atoms with E-state index in [0.717, 1.165) is 42.7 Å². The average molecular weight is 887 g/mol. The van der Waals surface area contributed by atoms with E-state index in [4.69, 9.17) is 0 Å². The normalized spacial score (nSPS) is 20.4. The molecule has 0 N–H and O–H groups in total. The minimum Gasteiger partial charge on any atom is -0.361 e. The van der Waals surface area contributed by atoms with Crippen LogP contribution < -0.4 is 9.80 Å². The fourth-order valence-electron chi connectivity index (χ4n) is 12.6. The molecule has 0 saturated heterocycles. The Kier molecular flexibility index (Phi) is 10.3. The molecule has 2 nitrogen and oxygen atoms in total. The van der Waals surface area contributed by atoms with Gasteiger partial charge in [-0.25, -0.2) is 0 Å². The Morgan fingerprint density at radius 2 is 1.12 bits per heavy atom. The van der Waals surface area contributed by atoms with Gasteiger partial charge in [-0.3, -0.25) is 0 Å². The van der Waals surface area contributed by atoms with E-state index < -0.39 is 5.41 Å². The van der Waals surface area contributed by atoms with Crippen LogP contribution in [0.1, 0.15) is 65.8 Å². The molecule has 5 aliphatic rings. The Hall–Kier alpha value is -7.94. The van der Waals surface area contributed by atoms with Gasteiger partial charge >= 0.3 is 0 Å². The number of fused-ring (bicyclic) bond motifs is 10. The van der Waals surface area contributed by atoms with Gasteiger partial charge in [0.1, 0.15) is 0 Å². The van der Waals surface area contributed by atoms with Crippen molar-refractivity contribution in [3.63, 3.8) is 0 Å². The summed E-state index contributed by atoms with van der Waals surface area (Å²) in [4.78, 5) is 5.05. The molecule has 0 aromatic heterocycles. The van der Waals surface area contributed by atoms with E-state index in [1.54, 1.807) is 0 Å². The smallest absolute Gasteiger partial charge is 0.0685 e. The molecule has 4 unspecified atom stereocenters. The summed E-state index contributed by atoms with van der Waals surface area (Å²) in [5.74, 6) is 0.321. The van der Waals surface area contributed by atoms with Crippen LogP contribution in [0.3, 0.4) is 0 Å². The summed E-state index contributed by atoms with van der Waals surface area (Å²) in [7, 11) is 0. The van der Waals surface area contributed by atoms with E-state index in [1.807, 2.05) is 0 Å². The number of rotatable bonds is 9. The highest BCUT2D eigenvalue weighted by Crippen LogP contribution is 2.66. The fourth-order valence-corrected chi connectivity index (χ4v) is 12.6. The molecule has 0 aliphatic heterocycles. The van der Waals surface area contributed by atoms with Crippen LogP contribution in [0.5, 0.6) is 0 Å². The van der Waals surface area contributed by atoms with Crippen LogP contribution in [0.4, 0.5) is 22.7 Å². The van der Waals surface area contributed by atoms with Gasteiger partial charge in [0.05, 0.1) is 11.5 Å². The molecule has 0 bridgehead atoms. The summed E-state index contributed by atoms with van der Waals surface area (Å²) in [6, 6.07) is 75.4. The van der Waals surface area contributed by atoms with E-state index in [-0.39, 0.29) is 0 Å². The Labute approximate surface area is 407 Å². The lowest BCUT2D eigenvalue weighted by Crippen LogP contribution is -2.43. The van der Waals surface area contributed by atoms with Gasteiger partial charge in [-0.15, -0.1) is 0 Å². The number of hydrogen-bond donors (Lipinski definition) is 0. The van der Waals surface area contributed by atoms with Crippen molar-refractivity contribution in [2.24, 2.45) is 0 Å². The van der Waals surface area contributed by atoms with Gasteiger partial charge in [-0.2, -0.15) is 0 Å². The molecule has 332 valence electrons. The second kappa shape index (κ2) is 17.3. The first-order chi connectivity index (χ1) is 34.2. The molecule has 1 spiro atoms. The van der Waals surface area contributed by atoms with E-state index in [9.17, 15) is 0 Å². The van der Waals surface area contributed by atoms with Crippen molar-refractivity contribution in [1.29, 1.82) is 0 Å². The molecule has 69 heavy (non-hydrogen) atoms. The van der Waals surface area contributed by atoms with Crippen LogP contribution >= 0.6 is 0 Å². The lowest BCUT2D eigenvalue weighted by Gasteiger charge is -2.40. The third kappa shape index (κ3) is 6.92. The van der Waals surface area contributed by atoms with Crippen molar-refractivity contribution in [2.45, 2.75) is 55.5 Å². The van der Waals surface area contributed by atoms with E-state index >= 15 is 0 Å². The van der Waals surface area contributed by atoms with Gasteiger partial charge in [0.15, 0.2) is 0 Å². The SMILES string of the molecule is C1=CCC2C(=C1)C1(c3ccccc3-c3c(-c4ccc(N(C5C=CC(c6ccccc6)=CC5)C5CC=CCC5)cc4)cccc31)c1cc(-c3ccc(N(c4ccccc4)c4ccccc4)cc3)ccc12. The lowest BCUT2D eigenvalue weighted by molar-refractivity contribution is 0.509. The second-order valence-corrected chi connectivity index (χ2v) is 19.3. The van der Waals surface area contributed by atoms with Crippen molar-refractivity contribution in [3.05, 3.63) is 282 Å². The van der Waals surface area contributed by atoms with Crippen LogP contribution in [0.15, 0.2) is 254 Å². The van der Waals surface area contributed by atoms with E-state index in [0.29, 0.717) is 18.0 Å². The predicted octanol–water partition coefficient (Wildman–Crippen LogP) is 17.1. The Morgan fingerprint density at radius 3 is 1.84 bits per heavy atom. The Morgan fingerprint density at radius 1 is 0.464 bits per heavy atom. The van der Waals surface area contributed by atoms with Gasteiger partial charge in [0.25, 0.3) is 0 Å². The molecule has 8 aromatic rings. The maximum absolute atomic E-state index is 2.72. The van der Waals surface area contributed by atoms with E-state index in [2.05, 4.69) is 259 Å². The average Bonchev–Trinajstić information content (AvgIpc) is 3.90. The Bertz CT molecular complexity index is 3320. The summed E-state index contributed by atoms with van der Waals surface area (Å²) < 4.78 is 0. The summed E-state index contributed by atoms with van der Waals surface area (Å²) in [6.07, 6.45) is 24.5. The molecule has 8 aromatic carbocycles. The first kappa shape index (κ1) is 41.3. The zero-order chi connectivity index (χ0) is 45.7. The van der Waals surface area contributed by atoms with Gasteiger partial charge < -0.3 is 9.80 Å². The van der Waals surface area contributed by atoms with Gasteiger partial charge in [0, 0.05) is 34.7 Å². The maximum atomic E-state index is 2.72. The topological polar surface area (TPSA) is 6.48 Å².